The average molecular weight is 275 g/mol. The second-order valence-corrected chi connectivity index (χ2v) is 7.80. The molecule has 1 atom stereocenters. The predicted molar refractivity (Wildman–Crippen MR) is 67.8 cm³/mol. The van der Waals surface area contributed by atoms with Crippen LogP contribution in [-0.2, 0) is 10.0 Å². The number of hydrogen-bond donors (Lipinski definition) is 1. The SMILES string of the molecule is Cc1cc(S(=O)(=O)N2CCC[C@H](O)C2)c(C)s1. The van der Waals surface area contributed by atoms with Crippen LogP contribution in [0.1, 0.15) is 22.6 Å². The van der Waals surface area contributed by atoms with Gasteiger partial charge in [0.25, 0.3) is 0 Å². The molecule has 4 nitrogen and oxygen atoms in total. The standard InChI is InChI=1S/C11H17NO3S2/c1-8-6-11(9(2)16-8)17(14,15)12-5-3-4-10(13)7-12/h6,10,13H,3-5,7H2,1-2H3/t10-/m0/s1. The van der Waals surface area contributed by atoms with Crippen LogP contribution in [0.2, 0.25) is 0 Å². The molecule has 1 fully saturated rings. The van der Waals surface area contributed by atoms with Gasteiger partial charge >= 0.3 is 0 Å². The summed E-state index contributed by atoms with van der Waals surface area (Å²) >= 11 is 1.49. The fourth-order valence-corrected chi connectivity index (χ4v) is 5.18. The van der Waals surface area contributed by atoms with Crippen molar-refractivity contribution in [3.63, 3.8) is 0 Å². The predicted octanol–water partition coefficient (Wildman–Crippen LogP) is 1.51. The summed E-state index contributed by atoms with van der Waals surface area (Å²) in [6.07, 6.45) is 0.884. The number of β-amino-alcohol motifs (C(OH)–C–C–N with tert-alkyl or cyclic N) is 1. The molecule has 1 aliphatic rings. The summed E-state index contributed by atoms with van der Waals surface area (Å²) in [6.45, 7) is 4.46. The molecule has 0 saturated carbocycles. The lowest BCUT2D eigenvalue weighted by Crippen LogP contribution is -2.42. The van der Waals surface area contributed by atoms with Gasteiger partial charge < -0.3 is 5.11 Å². The Morgan fingerprint density at radius 1 is 1.47 bits per heavy atom. The highest BCUT2D eigenvalue weighted by Crippen LogP contribution is 2.29. The Hall–Kier alpha value is -0.430. The van der Waals surface area contributed by atoms with Crippen LogP contribution in [0.15, 0.2) is 11.0 Å². The summed E-state index contributed by atoms with van der Waals surface area (Å²) in [5.74, 6) is 0. The molecule has 0 bridgehead atoms. The fourth-order valence-electron chi connectivity index (χ4n) is 2.14. The fraction of sp³-hybridized carbons (Fsp3) is 0.636. The minimum Gasteiger partial charge on any atom is -0.392 e. The number of sulfonamides is 1. The molecule has 6 heteroatoms. The van der Waals surface area contributed by atoms with E-state index in [1.54, 1.807) is 6.07 Å². The lowest BCUT2D eigenvalue weighted by atomic mass is 10.1. The topological polar surface area (TPSA) is 57.6 Å². The summed E-state index contributed by atoms with van der Waals surface area (Å²) in [7, 11) is -3.42. The van der Waals surface area contributed by atoms with Crippen molar-refractivity contribution in [1.82, 2.24) is 4.31 Å². The van der Waals surface area contributed by atoms with Crippen molar-refractivity contribution in [2.75, 3.05) is 13.1 Å². The van der Waals surface area contributed by atoms with E-state index in [1.165, 1.54) is 15.6 Å². The zero-order chi connectivity index (χ0) is 12.6. The normalized spacial score (nSPS) is 22.9. The molecule has 1 N–H and O–H groups in total. The van der Waals surface area contributed by atoms with Gasteiger partial charge in [-0.25, -0.2) is 8.42 Å². The lowest BCUT2D eigenvalue weighted by molar-refractivity contribution is 0.108. The van der Waals surface area contributed by atoms with Gasteiger partial charge in [0.05, 0.1) is 11.0 Å². The third-order valence-corrected chi connectivity index (χ3v) is 6.06. The third-order valence-electron chi connectivity index (χ3n) is 2.97. The van der Waals surface area contributed by atoms with E-state index in [9.17, 15) is 13.5 Å². The van der Waals surface area contributed by atoms with Crippen molar-refractivity contribution in [3.05, 3.63) is 15.8 Å². The van der Waals surface area contributed by atoms with Crippen LogP contribution < -0.4 is 0 Å². The van der Waals surface area contributed by atoms with E-state index < -0.39 is 16.1 Å². The molecule has 0 unspecified atom stereocenters. The smallest absolute Gasteiger partial charge is 0.244 e. The van der Waals surface area contributed by atoms with Gasteiger partial charge in [0.1, 0.15) is 0 Å². The third kappa shape index (κ3) is 2.54. The Bertz CT molecular complexity index is 507. The molecule has 96 valence electrons. The van der Waals surface area contributed by atoms with Gasteiger partial charge in [0.2, 0.25) is 10.0 Å². The Morgan fingerprint density at radius 3 is 2.71 bits per heavy atom. The Balaban J connectivity index is 2.33. The maximum absolute atomic E-state index is 12.4. The molecule has 0 aromatic carbocycles. The number of aryl methyl sites for hydroxylation is 2. The number of aliphatic hydroxyl groups is 1. The summed E-state index contributed by atoms with van der Waals surface area (Å²) < 4.78 is 26.2. The van der Waals surface area contributed by atoms with Gasteiger partial charge in [-0.1, -0.05) is 0 Å². The minimum atomic E-state index is -3.42. The summed E-state index contributed by atoms with van der Waals surface area (Å²) in [6, 6.07) is 1.72. The van der Waals surface area contributed by atoms with Gasteiger partial charge in [-0.15, -0.1) is 11.3 Å². The van der Waals surface area contributed by atoms with Gasteiger partial charge in [-0.3, -0.25) is 0 Å². The highest BCUT2D eigenvalue weighted by Gasteiger charge is 2.31. The zero-order valence-electron chi connectivity index (χ0n) is 10.0. The summed E-state index contributed by atoms with van der Waals surface area (Å²) in [4.78, 5) is 2.22. The van der Waals surface area contributed by atoms with Crippen molar-refractivity contribution in [2.24, 2.45) is 0 Å². The van der Waals surface area contributed by atoms with Crippen molar-refractivity contribution >= 4 is 21.4 Å². The molecule has 1 aromatic rings. The number of thiophene rings is 1. The van der Waals surface area contributed by atoms with E-state index in [1.807, 2.05) is 13.8 Å². The van der Waals surface area contributed by atoms with Crippen molar-refractivity contribution in [3.8, 4) is 0 Å². The second kappa shape index (κ2) is 4.68. The Kier molecular flexibility index (Phi) is 3.58. The molecule has 1 aliphatic heterocycles. The van der Waals surface area contributed by atoms with E-state index in [-0.39, 0.29) is 6.54 Å². The quantitative estimate of drug-likeness (QED) is 0.890. The van der Waals surface area contributed by atoms with Crippen molar-refractivity contribution < 1.29 is 13.5 Å². The van der Waals surface area contributed by atoms with Crippen LogP contribution in [-0.4, -0.2) is 37.0 Å². The lowest BCUT2D eigenvalue weighted by Gasteiger charge is -2.29. The molecular weight excluding hydrogens is 258 g/mol. The summed E-state index contributed by atoms with van der Waals surface area (Å²) in [5.41, 5.74) is 0. The first kappa shape index (κ1) is 13.0. The van der Waals surface area contributed by atoms with E-state index in [2.05, 4.69) is 0 Å². The number of aliphatic hydroxyl groups excluding tert-OH is 1. The van der Waals surface area contributed by atoms with Crippen LogP contribution in [0.4, 0.5) is 0 Å². The van der Waals surface area contributed by atoms with E-state index in [0.29, 0.717) is 17.9 Å². The molecule has 2 rings (SSSR count). The van der Waals surface area contributed by atoms with Gasteiger partial charge in [-0.05, 0) is 32.8 Å². The van der Waals surface area contributed by atoms with Gasteiger partial charge in [-0.2, -0.15) is 4.31 Å². The van der Waals surface area contributed by atoms with Crippen LogP contribution in [0.5, 0.6) is 0 Å². The molecular formula is C11H17NO3S2. The zero-order valence-corrected chi connectivity index (χ0v) is 11.6. The van der Waals surface area contributed by atoms with E-state index in [0.717, 1.165) is 16.2 Å². The molecule has 0 spiro atoms. The van der Waals surface area contributed by atoms with Crippen LogP contribution >= 0.6 is 11.3 Å². The highest BCUT2D eigenvalue weighted by molar-refractivity contribution is 7.89. The molecule has 2 heterocycles. The Morgan fingerprint density at radius 2 is 2.18 bits per heavy atom. The van der Waals surface area contributed by atoms with Crippen molar-refractivity contribution in [1.29, 1.82) is 0 Å². The van der Waals surface area contributed by atoms with Crippen LogP contribution in [0, 0.1) is 13.8 Å². The number of rotatable bonds is 2. The number of hydrogen-bond acceptors (Lipinski definition) is 4. The molecule has 17 heavy (non-hydrogen) atoms. The minimum absolute atomic E-state index is 0.219. The molecule has 1 aromatic heterocycles. The van der Waals surface area contributed by atoms with Gasteiger partial charge in [0.15, 0.2) is 0 Å². The van der Waals surface area contributed by atoms with Gasteiger partial charge in [0, 0.05) is 22.8 Å². The van der Waals surface area contributed by atoms with E-state index in [4.69, 9.17) is 0 Å². The van der Waals surface area contributed by atoms with Crippen LogP contribution in [0.3, 0.4) is 0 Å². The van der Waals surface area contributed by atoms with E-state index >= 15 is 0 Å². The first-order valence-electron chi connectivity index (χ1n) is 5.66. The maximum Gasteiger partial charge on any atom is 0.244 e. The number of piperidine rings is 1. The first-order chi connectivity index (χ1) is 7.91. The first-order valence-corrected chi connectivity index (χ1v) is 7.92. The molecule has 0 radical (unpaired) electrons. The average Bonchev–Trinajstić information content (AvgIpc) is 2.58. The van der Waals surface area contributed by atoms with Crippen LogP contribution in [0.25, 0.3) is 0 Å². The highest BCUT2D eigenvalue weighted by atomic mass is 32.2. The molecule has 0 aliphatic carbocycles. The number of nitrogens with zero attached hydrogens (tertiary/aromatic N) is 1. The Labute approximate surface area is 106 Å². The molecule has 1 saturated heterocycles. The molecule has 0 amide bonds. The summed E-state index contributed by atoms with van der Waals surface area (Å²) in [5, 5.41) is 9.56. The van der Waals surface area contributed by atoms with Crippen molar-refractivity contribution in [2.45, 2.75) is 37.7 Å². The second-order valence-electron chi connectivity index (χ2n) is 4.44. The largest absolute Gasteiger partial charge is 0.392 e. The monoisotopic (exact) mass is 275 g/mol. The maximum atomic E-state index is 12.4.